The van der Waals surface area contributed by atoms with Gasteiger partial charge >= 0.3 is 0 Å². The van der Waals surface area contributed by atoms with Crippen molar-refractivity contribution in [2.45, 2.75) is 141 Å². The van der Waals surface area contributed by atoms with E-state index in [1.807, 2.05) is 85.2 Å². The van der Waals surface area contributed by atoms with Crippen LogP contribution in [0.25, 0.3) is 0 Å². The number of nitrogens with one attached hydrogen (secondary N) is 1. The molecule has 0 spiro atoms. The van der Waals surface area contributed by atoms with Gasteiger partial charge in [-0.3, -0.25) is 18.6 Å². The lowest BCUT2D eigenvalue weighted by atomic mass is 10.0. The highest BCUT2D eigenvalue weighted by molar-refractivity contribution is 7.86. The van der Waals surface area contributed by atoms with Crippen molar-refractivity contribution in [3.05, 3.63) is 270 Å². The summed E-state index contributed by atoms with van der Waals surface area (Å²) >= 11 is 0. The SMILES string of the molecule is C.CCC(=O)N(c1ccc(O)cc1)C1CCN(CCc2ccccc2)CC1.CCC(=O)N(c1ccc(OCCOCCOCCOCCOC)cc1)C1CCN(CCc2ccccc2)CC1.COS(=O)(=O)c1ccc(C)cc1.Nc1ccc(O)cc1.O=C1CCN(CCc2ccccc2)CC1.Oc1ccc(NC2CCN(CCc3ccccc3)CC2)cc1. The van der Waals surface area contributed by atoms with E-state index in [4.69, 9.17) is 34.5 Å². The van der Waals surface area contributed by atoms with Gasteiger partial charge < -0.3 is 79.5 Å². The second kappa shape index (κ2) is 57.4. The number of likely N-dealkylation sites (tertiary alicyclic amines) is 4. The topological polar surface area (TPSA) is 259 Å². The summed E-state index contributed by atoms with van der Waals surface area (Å²) in [7, 11) is -0.716. The number of nitrogen functional groups attached to an aromatic ring is 1. The number of amides is 2. The van der Waals surface area contributed by atoms with E-state index in [9.17, 15) is 33.0 Å². The Morgan fingerprint density at radius 2 is 0.764 bits per heavy atom. The van der Waals surface area contributed by atoms with Crippen molar-refractivity contribution in [1.82, 2.24) is 19.6 Å². The van der Waals surface area contributed by atoms with Crippen molar-refractivity contribution in [2.24, 2.45) is 0 Å². The highest BCUT2D eigenvalue weighted by Gasteiger charge is 2.31. The summed E-state index contributed by atoms with van der Waals surface area (Å²) in [6.45, 7) is 22.6. The number of aryl methyl sites for hydroxylation is 1. The van der Waals surface area contributed by atoms with E-state index >= 15 is 0 Å². The Hall–Kier alpha value is -10.0. The number of nitrogens with zero attached hydrogens (tertiary/aromatic N) is 6. The number of phenols is 3. The molecular weight excluding hydrogens is 1570 g/mol. The zero-order valence-electron chi connectivity index (χ0n) is 72.4. The van der Waals surface area contributed by atoms with Crippen LogP contribution in [0.3, 0.4) is 0 Å². The number of Topliss-reactive ketones (excluding diaryl/α,β-unsaturated/α-hetero) is 1. The summed E-state index contributed by atoms with van der Waals surface area (Å²) in [4.78, 5) is 50.6. The summed E-state index contributed by atoms with van der Waals surface area (Å²) in [5, 5.41) is 31.1. The van der Waals surface area contributed by atoms with E-state index in [-0.39, 0.29) is 47.7 Å². The number of phenolic OH excluding ortho intramolecular Hbond substituents is 3. The molecule has 666 valence electrons. The lowest BCUT2D eigenvalue weighted by Crippen LogP contribution is -2.47. The van der Waals surface area contributed by atoms with Crippen molar-refractivity contribution < 1.29 is 66.0 Å². The maximum Gasteiger partial charge on any atom is 0.296 e. The molecule has 22 nitrogen and oxygen atoms in total. The largest absolute Gasteiger partial charge is 0.508 e. The fraction of sp³-hybridized carbons (Fsp3) is 0.430. The van der Waals surface area contributed by atoms with Gasteiger partial charge in [0.1, 0.15) is 35.4 Å². The molecule has 0 atom stereocenters. The van der Waals surface area contributed by atoms with Crippen LogP contribution in [0.4, 0.5) is 22.7 Å². The maximum atomic E-state index is 12.9. The molecule has 9 aromatic carbocycles. The molecule has 0 radical (unpaired) electrons. The van der Waals surface area contributed by atoms with Gasteiger partial charge in [0.15, 0.2) is 0 Å². The number of benzene rings is 9. The number of nitrogens with two attached hydrogens (primary N) is 1. The minimum Gasteiger partial charge on any atom is -0.508 e. The number of anilines is 4. The van der Waals surface area contributed by atoms with Gasteiger partial charge in [-0.2, -0.15) is 8.42 Å². The van der Waals surface area contributed by atoms with Crippen LogP contribution in [-0.4, -0.2) is 225 Å². The van der Waals surface area contributed by atoms with Gasteiger partial charge in [0.25, 0.3) is 10.1 Å². The first-order valence-corrected chi connectivity index (χ1v) is 44.7. The van der Waals surface area contributed by atoms with Gasteiger partial charge in [0.2, 0.25) is 11.8 Å². The Morgan fingerprint density at radius 3 is 1.12 bits per heavy atom. The number of methoxy groups -OCH3 is 1. The molecule has 123 heavy (non-hydrogen) atoms. The van der Waals surface area contributed by atoms with E-state index in [0.717, 1.165) is 178 Å². The summed E-state index contributed by atoms with van der Waals surface area (Å²) in [6, 6.07) is 78.6. The van der Waals surface area contributed by atoms with Crippen molar-refractivity contribution in [3.63, 3.8) is 0 Å². The normalized spacial score (nSPS) is 14.8. The molecule has 4 aliphatic rings. The number of ketones is 1. The smallest absolute Gasteiger partial charge is 0.296 e. The van der Waals surface area contributed by atoms with E-state index in [0.29, 0.717) is 89.0 Å². The third kappa shape index (κ3) is 38.7. The van der Waals surface area contributed by atoms with Crippen molar-refractivity contribution in [1.29, 1.82) is 0 Å². The summed E-state index contributed by atoms with van der Waals surface area (Å²) in [5.41, 5.74) is 15.5. The number of aromatic hydroxyl groups is 3. The average molecular weight is 1710 g/mol. The minimum atomic E-state index is -3.51. The fourth-order valence-corrected chi connectivity index (χ4v) is 15.3. The molecule has 0 bridgehead atoms. The summed E-state index contributed by atoms with van der Waals surface area (Å²) in [6.07, 6.45) is 13.1. The highest BCUT2D eigenvalue weighted by Crippen LogP contribution is 2.30. The van der Waals surface area contributed by atoms with Crippen LogP contribution in [0.1, 0.15) is 113 Å². The number of hydrogen-bond acceptors (Lipinski definition) is 20. The summed E-state index contributed by atoms with van der Waals surface area (Å²) < 4.78 is 53.6. The second-order valence-electron chi connectivity index (χ2n) is 30.7. The van der Waals surface area contributed by atoms with Gasteiger partial charge in [-0.25, -0.2) is 0 Å². The zero-order valence-corrected chi connectivity index (χ0v) is 73.2. The zero-order chi connectivity index (χ0) is 86.8. The molecule has 4 fully saturated rings. The van der Waals surface area contributed by atoms with E-state index in [1.54, 1.807) is 67.8 Å². The predicted molar refractivity (Wildman–Crippen MR) is 496 cm³/mol. The second-order valence-corrected chi connectivity index (χ2v) is 32.4. The molecule has 0 unspecified atom stereocenters. The first kappa shape index (κ1) is 100. The molecule has 9 aromatic rings. The van der Waals surface area contributed by atoms with Crippen LogP contribution in [0.15, 0.2) is 248 Å². The van der Waals surface area contributed by atoms with Crippen LogP contribution in [0, 0.1) is 6.92 Å². The molecule has 0 saturated carbocycles. The lowest BCUT2D eigenvalue weighted by molar-refractivity contribution is -0.121. The van der Waals surface area contributed by atoms with Crippen LogP contribution in [-0.2, 0) is 73.3 Å². The van der Waals surface area contributed by atoms with Crippen molar-refractivity contribution in [3.8, 4) is 23.0 Å². The third-order valence-corrected chi connectivity index (χ3v) is 23.1. The Balaban J connectivity index is 0.000000216. The predicted octanol–water partition coefficient (Wildman–Crippen LogP) is 16.4. The van der Waals surface area contributed by atoms with Crippen LogP contribution >= 0.6 is 0 Å². The monoisotopic (exact) mass is 1700 g/mol. The maximum absolute atomic E-state index is 12.9. The van der Waals surface area contributed by atoms with Crippen molar-refractivity contribution >= 4 is 50.5 Å². The van der Waals surface area contributed by atoms with Crippen LogP contribution in [0.2, 0.25) is 0 Å². The molecule has 23 heteroatoms. The number of carbonyl (C=O) groups excluding carboxylic acids is 3. The molecule has 6 N–H and O–H groups in total. The van der Waals surface area contributed by atoms with Gasteiger partial charge in [-0.15, -0.1) is 0 Å². The Labute approximate surface area is 733 Å². The molecule has 4 heterocycles. The Kier molecular flexibility index (Phi) is 46.7. The third-order valence-electron chi connectivity index (χ3n) is 21.8. The van der Waals surface area contributed by atoms with E-state index in [1.165, 1.54) is 47.2 Å². The van der Waals surface area contributed by atoms with Gasteiger partial charge in [0.05, 0.1) is 58.3 Å². The Morgan fingerprint density at radius 1 is 0.431 bits per heavy atom. The number of ether oxygens (including phenoxy) is 5. The quantitative estimate of drug-likeness (QED) is 0.0107. The number of piperidine rings is 4. The molecule has 4 aliphatic heterocycles. The first-order chi connectivity index (χ1) is 59.4. The van der Waals surface area contributed by atoms with Gasteiger partial charge in [-0.05, 0) is 203 Å². The first-order valence-electron chi connectivity index (χ1n) is 43.3. The average Bonchev–Trinajstić information content (AvgIpc) is 0.818. The minimum absolute atomic E-state index is 0. The van der Waals surface area contributed by atoms with E-state index < -0.39 is 10.1 Å². The lowest BCUT2D eigenvalue weighted by Gasteiger charge is -2.38. The fourth-order valence-electron chi connectivity index (χ4n) is 14.6. The molecule has 0 aliphatic carbocycles. The number of rotatable bonds is 35. The number of hydrogen-bond donors (Lipinski definition) is 5. The Bertz CT molecular complexity index is 4380. The van der Waals surface area contributed by atoms with Crippen LogP contribution in [0.5, 0.6) is 23.0 Å². The molecule has 13 rings (SSSR count). The molecule has 2 amide bonds. The van der Waals surface area contributed by atoms with Gasteiger partial charge in [0, 0.05) is 152 Å². The molecule has 0 aromatic heterocycles. The van der Waals surface area contributed by atoms with Gasteiger partial charge in [-0.1, -0.05) is 160 Å². The highest BCUT2D eigenvalue weighted by atomic mass is 32.2. The summed E-state index contributed by atoms with van der Waals surface area (Å²) in [5.74, 6) is 2.31. The molecule has 4 saturated heterocycles. The standard InChI is InChI=1S/C31H46N2O6.C22H28N2O2.C19H24N2O.C13H17NO.C8H10O3S.C6H7NO.CH4/c1-3-31(34)33(29-14-17-32(18-15-29)16-13-27-7-5-4-6-8-27)28-9-11-30(12-10-28)39-26-25-38-24-23-37-22-21-36-20-19-35-2;1-2-22(26)24(19-8-10-21(25)11-9-19)20-13-16-23(17-14-20)15-12-18-6-4-3-5-7-18;22-19-8-6-17(7-9-19)20-18-11-14-21(15-12-18)13-10-16-4-2-1-3-5-16;15-13-7-10-14(11-8-13)9-6-12-4-2-1-3-5-12;1-7-3-5-8(6-4-7)12(9,10)11-2;7-5-1-3-6(8)4-2-5;/h4-12,29H,3,13-26H2,1-2H3;3-11,20,25H,2,12-17H2,1H3;1-9,18,20,22H,10-15H2;1-5H,6-11H2;3-6H,1-2H3;1-4,8H,7H2;1H4. The number of carbonyl (C=O) groups is 3. The van der Waals surface area contributed by atoms with Crippen LogP contribution < -0.4 is 25.6 Å². The van der Waals surface area contributed by atoms with E-state index in [2.05, 4.69) is 144 Å². The van der Waals surface area contributed by atoms with Crippen molar-refractivity contribution in [2.75, 3.05) is 166 Å². The molecular formula is C100H136N8O14S.